The molecule has 1 N–H and O–H groups in total. The van der Waals surface area contributed by atoms with E-state index in [1.54, 1.807) is 6.07 Å². The number of ether oxygens (including phenoxy) is 3. The standard InChI is InChI=1S/C10H12BrNO4/c1-14-7-4-6(5-12-13)8(11)10(16-3)9(7)15-2/h4-5,13H,1-3H3/b12-5+. The van der Waals surface area contributed by atoms with Crippen molar-refractivity contribution in [3.8, 4) is 17.2 Å². The van der Waals surface area contributed by atoms with Crippen LogP contribution in [-0.4, -0.2) is 32.8 Å². The Kier molecular flexibility index (Phi) is 4.42. The molecular weight excluding hydrogens is 278 g/mol. The predicted molar refractivity (Wildman–Crippen MR) is 63.2 cm³/mol. The Labute approximate surface area is 102 Å². The Bertz CT molecular complexity index is 406. The van der Waals surface area contributed by atoms with Crippen molar-refractivity contribution in [2.24, 2.45) is 5.16 Å². The third kappa shape index (κ3) is 2.21. The van der Waals surface area contributed by atoms with Gasteiger partial charge in [-0.25, -0.2) is 0 Å². The average molecular weight is 290 g/mol. The van der Waals surface area contributed by atoms with Gasteiger partial charge in [-0.05, 0) is 22.0 Å². The molecule has 1 rings (SSSR count). The van der Waals surface area contributed by atoms with Crippen LogP contribution in [0.4, 0.5) is 0 Å². The number of hydrogen-bond acceptors (Lipinski definition) is 5. The lowest BCUT2D eigenvalue weighted by Gasteiger charge is -2.14. The molecule has 0 aliphatic carbocycles. The summed E-state index contributed by atoms with van der Waals surface area (Å²) in [6, 6.07) is 1.67. The number of benzene rings is 1. The first kappa shape index (κ1) is 12.6. The SMILES string of the molecule is COc1cc(/C=N/O)c(Br)c(OC)c1OC. The zero-order valence-corrected chi connectivity index (χ0v) is 10.7. The molecule has 0 aliphatic heterocycles. The summed E-state index contributed by atoms with van der Waals surface area (Å²) in [4.78, 5) is 0. The average Bonchev–Trinajstić information content (AvgIpc) is 2.31. The Morgan fingerprint density at radius 3 is 2.25 bits per heavy atom. The van der Waals surface area contributed by atoms with Gasteiger partial charge in [0.15, 0.2) is 11.5 Å². The van der Waals surface area contributed by atoms with Crippen molar-refractivity contribution >= 4 is 22.1 Å². The van der Waals surface area contributed by atoms with Gasteiger partial charge in [0.2, 0.25) is 5.75 Å². The summed E-state index contributed by atoms with van der Waals surface area (Å²) in [5, 5.41) is 11.5. The molecule has 0 amide bonds. The second kappa shape index (κ2) is 5.60. The highest BCUT2D eigenvalue weighted by Crippen LogP contribution is 2.44. The molecule has 0 aromatic heterocycles. The number of methoxy groups -OCH3 is 3. The molecule has 0 bridgehead atoms. The van der Waals surface area contributed by atoms with Gasteiger partial charge < -0.3 is 19.4 Å². The second-order valence-electron chi connectivity index (χ2n) is 2.79. The molecular formula is C10H12BrNO4. The zero-order chi connectivity index (χ0) is 12.1. The zero-order valence-electron chi connectivity index (χ0n) is 9.15. The Hall–Kier alpha value is -1.43. The molecule has 0 radical (unpaired) electrons. The van der Waals surface area contributed by atoms with Gasteiger partial charge in [-0.15, -0.1) is 0 Å². The first-order chi connectivity index (χ1) is 7.69. The molecule has 0 aliphatic rings. The Balaban J connectivity index is 3.47. The van der Waals surface area contributed by atoms with E-state index in [2.05, 4.69) is 21.1 Å². The van der Waals surface area contributed by atoms with E-state index in [0.29, 0.717) is 27.3 Å². The van der Waals surface area contributed by atoms with Crippen LogP contribution in [0.15, 0.2) is 15.7 Å². The molecule has 0 saturated heterocycles. The summed E-state index contributed by atoms with van der Waals surface area (Å²) in [6.07, 6.45) is 1.27. The number of nitrogens with zero attached hydrogens (tertiary/aromatic N) is 1. The molecule has 1 aromatic carbocycles. The number of rotatable bonds is 4. The lowest BCUT2D eigenvalue weighted by atomic mass is 10.2. The van der Waals surface area contributed by atoms with Gasteiger partial charge in [0.25, 0.3) is 0 Å². The summed E-state index contributed by atoms with van der Waals surface area (Å²) >= 11 is 3.33. The van der Waals surface area contributed by atoms with Gasteiger partial charge in [-0.1, -0.05) is 5.16 Å². The fourth-order valence-electron chi connectivity index (χ4n) is 1.30. The summed E-state index contributed by atoms with van der Waals surface area (Å²) in [7, 11) is 4.56. The first-order valence-electron chi connectivity index (χ1n) is 4.35. The van der Waals surface area contributed by atoms with Crippen LogP contribution in [0.3, 0.4) is 0 Å². The predicted octanol–water partition coefficient (Wildman–Crippen LogP) is 2.28. The van der Waals surface area contributed by atoms with Gasteiger partial charge in [-0.2, -0.15) is 0 Å². The van der Waals surface area contributed by atoms with Crippen LogP contribution >= 0.6 is 15.9 Å². The van der Waals surface area contributed by atoms with E-state index in [1.165, 1.54) is 27.5 Å². The van der Waals surface area contributed by atoms with Crippen molar-refractivity contribution in [2.75, 3.05) is 21.3 Å². The molecule has 0 heterocycles. The van der Waals surface area contributed by atoms with E-state index in [-0.39, 0.29) is 0 Å². The first-order valence-corrected chi connectivity index (χ1v) is 5.14. The van der Waals surface area contributed by atoms with Gasteiger partial charge in [0, 0.05) is 5.56 Å². The van der Waals surface area contributed by atoms with Crippen LogP contribution in [0.25, 0.3) is 0 Å². The summed E-state index contributed by atoms with van der Waals surface area (Å²) in [6.45, 7) is 0. The smallest absolute Gasteiger partial charge is 0.204 e. The molecule has 5 nitrogen and oxygen atoms in total. The minimum atomic E-state index is 0.479. The van der Waals surface area contributed by atoms with E-state index >= 15 is 0 Å². The molecule has 6 heteroatoms. The number of halogens is 1. The monoisotopic (exact) mass is 289 g/mol. The quantitative estimate of drug-likeness (QED) is 0.525. The van der Waals surface area contributed by atoms with E-state index in [0.717, 1.165) is 0 Å². The van der Waals surface area contributed by atoms with Crippen LogP contribution in [0.2, 0.25) is 0 Å². The highest BCUT2D eigenvalue weighted by Gasteiger charge is 2.18. The van der Waals surface area contributed by atoms with Crippen molar-refractivity contribution in [1.82, 2.24) is 0 Å². The Morgan fingerprint density at radius 1 is 1.19 bits per heavy atom. The molecule has 0 unspecified atom stereocenters. The maximum absolute atomic E-state index is 8.53. The van der Waals surface area contributed by atoms with Crippen molar-refractivity contribution in [2.45, 2.75) is 0 Å². The lowest BCUT2D eigenvalue weighted by molar-refractivity contribution is 0.320. The molecule has 0 saturated carbocycles. The Morgan fingerprint density at radius 2 is 1.81 bits per heavy atom. The van der Waals surface area contributed by atoms with Crippen LogP contribution in [0.1, 0.15) is 5.56 Å². The van der Waals surface area contributed by atoms with Gasteiger partial charge in [0.05, 0.1) is 32.0 Å². The van der Waals surface area contributed by atoms with E-state index in [4.69, 9.17) is 19.4 Å². The fourth-order valence-corrected chi connectivity index (χ4v) is 1.85. The third-order valence-electron chi connectivity index (χ3n) is 1.99. The second-order valence-corrected chi connectivity index (χ2v) is 3.59. The van der Waals surface area contributed by atoms with Gasteiger partial charge in [0.1, 0.15) is 0 Å². The van der Waals surface area contributed by atoms with Crippen LogP contribution in [-0.2, 0) is 0 Å². The normalized spacial score (nSPS) is 10.5. The molecule has 88 valence electrons. The van der Waals surface area contributed by atoms with Gasteiger partial charge in [-0.3, -0.25) is 0 Å². The molecule has 0 atom stereocenters. The molecule has 0 fully saturated rings. The largest absolute Gasteiger partial charge is 0.493 e. The molecule has 1 aromatic rings. The molecule has 0 spiro atoms. The number of oxime groups is 1. The van der Waals surface area contributed by atoms with E-state index in [9.17, 15) is 0 Å². The summed E-state index contributed by atoms with van der Waals surface area (Å²) in [5.74, 6) is 1.46. The van der Waals surface area contributed by atoms with Crippen molar-refractivity contribution in [3.05, 3.63) is 16.1 Å². The maximum Gasteiger partial charge on any atom is 0.204 e. The minimum absolute atomic E-state index is 0.479. The fraction of sp³-hybridized carbons (Fsp3) is 0.300. The molecule has 16 heavy (non-hydrogen) atoms. The topological polar surface area (TPSA) is 60.3 Å². The summed E-state index contributed by atoms with van der Waals surface area (Å²) in [5.41, 5.74) is 0.622. The summed E-state index contributed by atoms with van der Waals surface area (Å²) < 4.78 is 16.2. The highest BCUT2D eigenvalue weighted by molar-refractivity contribution is 9.10. The van der Waals surface area contributed by atoms with Crippen LogP contribution < -0.4 is 14.2 Å². The van der Waals surface area contributed by atoms with Crippen LogP contribution in [0, 0.1) is 0 Å². The minimum Gasteiger partial charge on any atom is -0.493 e. The van der Waals surface area contributed by atoms with Gasteiger partial charge >= 0.3 is 0 Å². The highest BCUT2D eigenvalue weighted by atomic mass is 79.9. The van der Waals surface area contributed by atoms with Crippen LogP contribution in [0.5, 0.6) is 17.2 Å². The van der Waals surface area contributed by atoms with E-state index in [1.807, 2.05) is 0 Å². The van der Waals surface area contributed by atoms with E-state index < -0.39 is 0 Å². The number of hydrogen-bond donors (Lipinski definition) is 1. The van der Waals surface area contributed by atoms with Crippen molar-refractivity contribution < 1.29 is 19.4 Å². The van der Waals surface area contributed by atoms with Crippen molar-refractivity contribution in [1.29, 1.82) is 0 Å². The van der Waals surface area contributed by atoms with Crippen molar-refractivity contribution in [3.63, 3.8) is 0 Å². The third-order valence-corrected chi connectivity index (χ3v) is 2.81. The lowest BCUT2D eigenvalue weighted by Crippen LogP contribution is -1.98. The maximum atomic E-state index is 8.53.